The maximum atomic E-state index is 12.0. The van der Waals surface area contributed by atoms with Crippen LogP contribution in [0, 0.1) is 0 Å². The second-order valence-corrected chi connectivity index (χ2v) is 4.63. The number of amides is 1. The summed E-state index contributed by atoms with van der Waals surface area (Å²) < 4.78 is 5.62. The Morgan fingerprint density at radius 3 is 2.81 bits per heavy atom. The lowest BCUT2D eigenvalue weighted by atomic mass is 10.2. The summed E-state index contributed by atoms with van der Waals surface area (Å²) in [6.07, 6.45) is 0. The van der Waals surface area contributed by atoms with Crippen LogP contribution in [0.15, 0.2) is 22.7 Å². The predicted molar refractivity (Wildman–Crippen MR) is 68.0 cm³/mol. The van der Waals surface area contributed by atoms with Crippen LogP contribution in [-0.4, -0.2) is 38.1 Å². The van der Waals surface area contributed by atoms with E-state index in [1.807, 2.05) is 0 Å². The molecule has 0 unspecified atom stereocenters. The number of rotatable bonds is 4. The van der Waals surface area contributed by atoms with Crippen molar-refractivity contribution in [3.63, 3.8) is 0 Å². The minimum Gasteiger partial charge on any atom is -0.383 e. The number of methoxy groups -OCH3 is 1. The van der Waals surface area contributed by atoms with Crippen molar-refractivity contribution in [3.05, 3.63) is 33.3 Å². The molecule has 0 saturated carbocycles. The van der Waals surface area contributed by atoms with Crippen LogP contribution in [0.1, 0.15) is 10.4 Å². The number of hydrogen-bond acceptors (Lipinski definition) is 2. The van der Waals surface area contributed by atoms with E-state index in [1.165, 1.54) is 0 Å². The van der Waals surface area contributed by atoms with Crippen molar-refractivity contribution in [1.29, 1.82) is 0 Å². The SMILES string of the molecule is COCCN(C)C(=O)c1ccc(Cl)cc1Br. The van der Waals surface area contributed by atoms with Gasteiger partial charge in [0.15, 0.2) is 0 Å². The molecule has 0 aliphatic heterocycles. The van der Waals surface area contributed by atoms with E-state index >= 15 is 0 Å². The molecule has 1 aromatic rings. The molecule has 0 saturated heterocycles. The fourth-order valence-electron chi connectivity index (χ4n) is 1.20. The molecule has 0 fully saturated rings. The summed E-state index contributed by atoms with van der Waals surface area (Å²) >= 11 is 9.13. The number of hydrogen-bond donors (Lipinski definition) is 0. The van der Waals surface area contributed by atoms with Gasteiger partial charge in [-0.1, -0.05) is 11.6 Å². The van der Waals surface area contributed by atoms with Gasteiger partial charge in [-0.25, -0.2) is 0 Å². The molecule has 0 bridgehead atoms. The molecule has 0 spiro atoms. The number of halogens is 2. The maximum Gasteiger partial charge on any atom is 0.254 e. The molecule has 0 N–H and O–H groups in total. The molecule has 0 heterocycles. The molecule has 88 valence electrons. The van der Waals surface area contributed by atoms with Crippen LogP contribution in [0.3, 0.4) is 0 Å². The molecule has 16 heavy (non-hydrogen) atoms. The molecule has 1 rings (SSSR count). The number of nitrogens with zero attached hydrogens (tertiary/aromatic N) is 1. The third-order valence-corrected chi connectivity index (χ3v) is 3.03. The Labute approximate surface area is 108 Å². The summed E-state index contributed by atoms with van der Waals surface area (Å²) in [6, 6.07) is 5.11. The Hall–Kier alpha value is -0.580. The van der Waals surface area contributed by atoms with Gasteiger partial charge in [-0.3, -0.25) is 4.79 Å². The van der Waals surface area contributed by atoms with Crippen molar-refractivity contribution in [1.82, 2.24) is 4.90 Å². The second-order valence-electron chi connectivity index (χ2n) is 3.34. The van der Waals surface area contributed by atoms with Gasteiger partial charge in [0.1, 0.15) is 0 Å². The first-order valence-corrected chi connectivity index (χ1v) is 5.93. The first-order chi connectivity index (χ1) is 7.56. The van der Waals surface area contributed by atoms with E-state index in [0.717, 1.165) is 0 Å². The summed E-state index contributed by atoms with van der Waals surface area (Å²) in [5.41, 5.74) is 0.600. The van der Waals surface area contributed by atoms with Crippen molar-refractivity contribution < 1.29 is 9.53 Å². The second kappa shape index (κ2) is 6.23. The monoisotopic (exact) mass is 305 g/mol. The van der Waals surface area contributed by atoms with Gasteiger partial charge in [-0.15, -0.1) is 0 Å². The predicted octanol–water partition coefficient (Wildman–Crippen LogP) is 2.82. The van der Waals surface area contributed by atoms with Gasteiger partial charge in [0.25, 0.3) is 5.91 Å². The number of likely N-dealkylation sites (N-methyl/N-ethyl adjacent to an activating group) is 1. The van der Waals surface area contributed by atoms with E-state index in [0.29, 0.717) is 28.2 Å². The fourth-order valence-corrected chi connectivity index (χ4v) is 2.05. The molecule has 0 atom stereocenters. The van der Waals surface area contributed by atoms with Crippen molar-refractivity contribution in [2.45, 2.75) is 0 Å². The molecule has 0 aliphatic carbocycles. The lowest BCUT2D eigenvalue weighted by Crippen LogP contribution is -2.30. The lowest BCUT2D eigenvalue weighted by molar-refractivity contribution is 0.0743. The maximum absolute atomic E-state index is 12.0. The van der Waals surface area contributed by atoms with Gasteiger partial charge in [-0.2, -0.15) is 0 Å². The molecule has 3 nitrogen and oxygen atoms in total. The quantitative estimate of drug-likeness (QED) is 0.856. The third kappa shape index (κ3) is 3.47. The average Bonchev–Trinajstić information content (AvgIpc) is 2.25. The highest BCUT2D eigenvalue weighted by Crippen LogP contribution is 2.22. The molecule has 0 aliphatic rings. The summed E-state index contributed by atoms with van der Waals surface area (Å²) in [6.45, 7) is 1.08. The van der Waals surface area contributed by atoms with E-state index in [9.17, 15) is 4.79 Å². The number of carbonyl (C=O) groups excluding carboxylic acids is 1. The zero-order valence-corrected chi connectivity index (χ0v) is 11.5. The van der Waals surface area contributed by atoms with Gasteiger partial charge >= 0.3 is 0 Å². The Kier molecular flexibility index (Phi) is 5.25. The minimum atomic E-state index is -0.0550. The highest BCUT2D eigenvalue weighted by Gasteiger charge is 2.14. The normalized spacial score (nSPS) is 10.2. The third-order valence-electron chi connectivity index (χ3n) is 2.14. The van der Waals surface area contributed by atoms with Crippen molar-refractivity contribution in [2.75, 3.05) is 27.3 Å². The first kappa shape index (κ1) is 13.5. The van der Waals surface area contributed by atoms with Crippen LogP contribution < -0.4 is 0 Å². The Bertz CT molecular complexity index is 384. The molecule has 0 radical (unpaired) electrons. The van der Waals surface area contributed by atoms with Crippen LogP contribution in [0.25, 0.3) is 0 Å². The molecule has 1 amide bonds. The number of ether oxygens (including phenoxy) is 1. The zero-order chi connectivity index (χ0) is 12.1. The molecule has 5 heteroatoms. The van der Waals surface area contributed by atoms with E-state index in [4.69, 9.17) is 16.3 Å². The van der Waals surface area contributed by atoms with Crippen LogP contribution in [0.5, 0.6) is 0 Å². The van der Waals surface area contributed by atoms with E-state index in [1.54, 1.807) is 37.3 Å². The smallest absolute Gasteiger partial charge is 0.254 e. The minimum absolute atomic E-state index is 0.0550. The molecule has 0 aromatic heterocycles. The van der Waals surface area contributed by atoms with Crippen LogP contribution >= 0.6 is 27.5 Å². The highest BCUT2D eigenvalue weighted by atomic mass is 79.9. The van der Waals surface area contributed by atoms with Crippen molar-refractivity contribution in [3.8, 4) is 0 Å². The topological polar surface area (TPSA) is 29.5 Å². The van der Waals surface area contributed by atoms with Gasteiger partial charge in [0.05, 0.1) is 12.2 Å². The number of benzene rings is 1. The van der Waals surface area contributed by atoms with Crippen molar-refractivity contribution in [2.24, 2.45) is 0 Å². The van der Waals surface area contributed by atoms with Gasteiger partial charge in [0.2, 0.25) is 0 Å². The molecular formula is C11H13BrClNO2. The van der Waals surface area contributed by atoms with E-state index in [2.05, 4.69) is 15.9 Å². The van der Waals surface area contributed by atoms with Crippen LogP contribution in [0.2, 0.25) is 5.02 Å². The fraction of sp³-hybridized carbons (Fsp3) is 0.364. The van der Waals surface area contributed by atoms with E-state index in [-0.39, 0.29) is 5.91 Å². The summed E-state index contributed by atoms with van der Waals surface area (Å²) in [7, 11) is 3.35. The van der Waals surface area contributed by atoms with E-state index < -0.39 is 0 Å². The average molecular weight is 307 g/mol. The highest BCUT2D eigenvalue weighted by molar-refractivity contribution is 9.10. The van der Waals surface area contributed by atoms with Gasteiger partial charge in [0, 0.05) is 30.2 Å². The lowest BCUT2D eigenvalue weighted by Gasteiger charge is -2.17. The van der Waals surface area contributed by atoms with Crippen LogP contribution in [-0.2, 0) is 4.74 Å². The summed E-state index contributed by atoms with van der Waals surface area (Å²) in [5, 5.41) is 0.600. The zero-order valence-electron chi connectivity index (χ0n) is 9.17. The molecule has 1 aromatic carbocycles. The Balaban J connectivity index is 2.79. The summed E-state index contributed by atoms with van der Waals surface area (Å²) in [4.78, 5) is 13.6. The van der Waals surface area contributed by atoms with Gasteiger partial charge in [-0.05, 0) is 34.1 Å². The van der Waals surface area contributed by atoms with Crippen molar-refractivity contribution >= 4 is 33.4 Å². The Morgan fingerprint density at radius 2 is 2.25 bits per heavy atom. The van der Waals surface area contributed by atoms with Crippen LogP contribution in [0.4, 0.5) is 0 Å². The number of carbonyl (C=O) groups is 1. The van der Waals surface area contributed by atoms with Gasteiger partial charge < -0.3 is 9.64 Å². The summed E-state index contributed by atoms with van der Waals surface area (Å²) in [5.74, 6) is -0.0550. The Morgan fingerprint density at radius 1 is 1.56 bits per heavy atom. The largest absolute Gasteiger partial charge is 0.383 e. The standard InChI is InChI=1S/C11H13BrClNO2/c1-14(5-6-16-2)11(15)9-4-3-8(13)7-10(9)12/h3-4,7H,5-6H2,1-2H3. The molecular weight excluding hydrogens is 293 g/mol. The first-order valence-electron chi connectivity index (χ1n) is 4.75.